The van der Waals surface area contributed by atoms with Crippen LogP contribution >= 0.6 is 0 Å². The van der Waals surface area contributed by atoms with E-state index in [1.54, 1.807) is 6.33 Å². The van der Waals surface area contributed by atoms with Crippen LogP contribution in [0.25, 0.3) is 33.3 Å². The fourth-order valence-corrected chi connectivity index (χ4v) is 3.62. The van der Waals surface area contributed by atoms with Crippen molar-refractivity contribution in [2.45, 2.75) is 6.54 Å². The number of rotatable bonds is 5. The molecule has 4 rings (SSSR count). The van der Waals surface area contributed by atoms with Gasteiger partial charge in [0.1, 0.15) is 11.2 Å². The maximum absolute atomic E-state index is 11.3. The van der Waals surface area contributed by atoms with E-state index in [0.29, 0.717) is 0 Å². The Kier molecular flexibility index (Phi) is 4.12. The molecule has 27 heavy (non-hydrogen) atoms. The van der Waals surface area contributed by atoms with Gasteiger partial charge >= 0.3 is 0 Å². The van der Waals surface area contributed by atoms with Gasteiger partial charge < -0.3 is 14.9 Å². The van der Waals surface area contributed by atoms with E-state index < -0.39 is 10.0 Å². The highest BCUT2D eigenvalue weighted by Gasteiger charge is 2.15. The Balaban J connectivity index is 1.81. The number of anilines is 1. The molecule has 0 fully saturated rings. The van der Waals surface area contributed by atoms with Crippen LogP contribution in [0.3, 0.4) is 0 Å². The fraction of sp³-hybridized carbons (Fsp3) is 0.222. The van der Waals surface area contributed by atoms with Crippen LogP contribution < -0.4 is 10.0 Å². The van der Waals surface area contributed by atoms with Crippen molar-refractivity contribution in [2.75, 3.05) is 18.6 Å². The third-order valence-electron chi connectivity index (χ3n) is 4.45. The largest absolute Gasteiger partial charge is 0.371 e. The van der Waals surface area contributed by atoms with Gasteiger partial charge in [-0.3, -0.25) is 0 Å². The number of nitrogens with one attached hydrogen (secondary N) is 3. The number of hydrogen-bond donors (Lipinski definition) is 3. The smallest absolute Gasteiger partial charge is 0.209 e. The summed E-state index contributed by atoms with van der Waals surface area (Å²) in [4.78, 5) is 12.4. The molecule has 0 saturated heterocycles. The second-order valence-electron chi connectivity index (χ2n) is 6.50. The molecular weight excluding hydrogens is 364 g/mol. The first-order chi connectivity index (χ1) is 12.9. The van der Waals surface area contributed by atoms with Gasteiger partial charge in [0, 0.05) is 31.7 Å². The van der Waals surface area contributed by atoms with E-state index >= 15 is 0 Å². The molecule has 0 aliphatic rings. The molecule has 0 spiro atoms. The zero-order valence-corrected chi connectivity index (χ0v) is 16.1. The molecule has 0 unspecified atom stereocenters. The summed E-state index contributed by atoms with van der Waals surface area (Å²) in [6.07, 6.45) is 2.93. The van der Waals surface area contributed by atoms with Gasteiger partial charge in [0.25, 0.3) is 0 Å². The van der Waals surface area contributed by atoms with Gasteiger partial charge in [-0.1, -0.05) is 18.2 Å². The van der Waals surface area contributed by atoms with Crippen LogP contribution in [-0.4, -0.2) is 41.2 Å². The lowest BCUT2D eigenvalue weighted by atomic mass is 10.1. The zero-order chi connectivity index (χ0) is 19.2. The highest BCUT2D eigenvalue weighted by atomic mass is 32.2. The van der Waals surface area contributed by atoms with E-state index in [2.05, 4.69) is 31.1 Å². The topological polar surface area (TPSA) is 105 Å². The molecule has 0 saturated carbocycles. The summed E-state index contributed by atoms with van der Waals surface area (Å²) in [5.74, 6) is 0.720. The first-order valence-electron chi connectivity index (χ1n) is 8.41. The van der Waals surface area contributed by atoms with Crippen LogP contribution in [-0.2, 0) is 23.6 Å². The molecule has 3 heterocycles. The lowest BCUT2D eigenvalue weighted by Crippen LogP contribution is -2.21. The maximum atomic E-state index is 11.3. The summed E-state index contributed by atoms with van der Waals surface area (Å²) in [5, 5.41) is 4.08. The highest BCUT2D eigenvalue weighted by molar-refractivity contribution is 7.88. The molecule has 0 bridgehead atoms. The summed E-state index contributed by atoms with van der Waals surface area (Å²) in [7, 11) is 0.545. The minimum atomic E-state index is -3.24. The predicted octanol–water partition coefficient (Wildman–Crippen LogP) is 2.21. The zero-order valence-electron chi connectivity index (χ0n) is 15.2. The molecule has 0 aliphatic carbocycles. The molecule has 8 nitrogen and oxygen atoms in total. The number of imidazole rings is 1. The number of fused-ring (bicyclic) bond motifs is 3. The first-order valence-corrected chi connectivity index (χ1v) is 10.3. The van der Waals surface area contributed by atoms with Gasteiger partial charge in [0.05, 0.1) is 18.1 Å². The second-order valence-corrected chi connectivity index (χ2v) is 8.34. The number of benzene rings is 1. The summed E-state index contributed by atoms with van der Waals surface area (Å²) in [5.41, 5.74) is 5.35. The van der Waals surface area contributed by atoms with Crippen LogP contribution in [0.1, 0.15) is 5.56 Å². The van der Waals surface area contributed by atoms with Gasteiger partial charge in [0.2, 0.25) is 10.0 Å². The monoisotopic (exact) mass is 384 g/mol. The Bertz CT molecular complexity index is 1260. The van der Waals surface area contributed by atoms with Crippen molar-refractivity contribution in [3.63, 3.8) is 0 Å². The van der Waals surface area contributed by atoms with Crippen molar-refractivity contribution >= 4 is 37.9 Å². The fourth-order valence-electron chi connectivity index (χ4n) is 3.19. The van der Waals surface area contributed by atoms with E-state index in [9.17, 15) is 8.42 Å². The van der Waals surface area contributed by atoms with Gasteiger partial charge in [-0.25, -0.2) is 23.1 Å². The van der Waals surface area contributed by atoms with Gasteiger partial charge in [-0.2, -0.15) is 0 Å². The predicted molar refractivity (Wildman–Crippen MR) is 107 cm³/mol. The molecule has 9 heteroatoms. The Hall–Kier alpha value is -2.91. The number of aromatic nitrogens is 4. The minimum Gasteiger partial charge on any atom is -0.371 e. The molecule has 3 N–H and O–H groups in total. The van der Waals surface area contributed by atoms with Crippen molar-refractivity contribution in [2.24, 2.45) is 7.05 Å². The van der Waals surface area contributed by atoms with E-state index in [0.717, 1.165) is 51.0 Å². The highest BCUT2D eigenvalue weighted by Crippen LogP contribution is 2.31. The molecule has 0 atom stereocenters. The second kappa shape index (κ2) is 6.36. The average Bonchev–Trinajstić information content (AvgIpc) is 3.22. The number of H-pyrrole nitrogens is 1. The molecule has 1 aromatic carbocycles. The molecule has 4 aromatic rings. The van der Waals surface area contributed by atoms with Crippen LogP contribution in [0, 0.1) is 0 Å². The SMILES string of the molecule is CNc1nc2[nH]c(-c3cccc(CNS(C)(=O)=O)c3)cc2c2c1ncn2C. The van der Waals surface area contributed by atoms with Crippen molar-refractivity contribution in [1.82, 2.24) is 24.2 Å². The van der Waals surface area contributed by atoms with E-state index in [4.69, 9.17) is 0 Å². The van der Waals surface area contributed by atoms with Gasteiger partial charge in [-0.15, -0.1) is 0 Å². The van der Waals surface area contributed by atoms with Gasteiger partial charge in [0.15, 0.2) is 5.82 Å². The summed E-state index contributed by atoms with van der Waals surface area (Å²) in [6, 6.07) is 9.79. The number of pyridine rings is 1. The lowest BCUT2D eigenvalue weighted by molar-refractivity contribution is 0.587. The molecule has 140 valence electrons. The lowest BCUT2D eigenvalue weighted by Gasteiger charge is -2.05. The van der Waals surface area contributed by atoms with Crippen LogP contribution in [0.15, 0.2) is 36.7 Å². The molecule has 0 amide bonds. The standard InChI is InChI=1S/C18H20N6O2S/c1-19-18-15-16(24(2)10-20-15)13-8-14(22-17(13)23-18)12-6-4-5-11(7-12)9-21-27(3,25)26/h4-8,10,21H,9H2,1-3H3,(H2,19,22,23). The number of aryl methyl sites for hydroxylation is 1. The molecular formula is C18H20N6O2S. The van der Waals surface area contributed by atoms with Crippen molar-refractivity contribution in [3.8, 4) is 11.3 Å². The number of aromatic amines is 1. The van der Waals surface area contributed by atoms with Crippen molar-refractivity contribution < 1.29 is 8.42 Å². The quantitative estimate of drug-likeness (QED) is 0.489. The Morgan fingerprint density at radius 1 is 1.26 bits per heavy atom. The third-order valence-corrected chi connectivity index (χ3v) is 5.12. The molecule has 0 radical (unpaired) electrons. The summed E-state index contributed by atoms with van der Waals surface area (Å²) >= 11 is 0. The van der Waals surface area contributed by atoms with Crippen LogP contribution in [0.4, 0.5) is 5.82 Å². The average molecular weight is 384 g/mol. The summed E-state index contributed by atoms with van der Waals surface area (Å²) in [6.45, 7) is 0.251. The molecule has 3 aromatic heterocycles. The van der Waals surface area contributed by atoms with Crippen LogP contribution in [0.5, 0.6) is 0 Å². The number of sulfonamides is 1. The van der Waals surface area contributed by atoms with E-state index in [-0.39, 0.29) is 6.54 Å². The number of hydrogen-bond acceptors (Lipinski definition) is 5. The van der Waals surface area contributed by atoms with E-state index in [1.165, 1.54) is 0 Å². The Labute approximate surface area is 156 Å². The molecule has 0 aliphatic heterocycles. The minimum absolute atomic E-state index is 0.251. The maximum Gasteiger partial charge on any atom is 0.209 e. The third kappa shape index (κ3) is 3.26. The first kappa shape index (κ1) is 17.5. The normalized spacial score (nSPS) is 12.1. The summed E-state index contributed by atoms with van der Waals surface area (Å²) < 4.78 is 27.1. The van der Waals surface area contributed by atoms with Crippen molar-refractivity contribution in [1.29, 1.82) is 0 Å². The van der Waals surface area contributed by atoms with E-state index in [1.807, 2.05) is 42.9 Å². The van der Waals surface area contributed by atoms with Crippen molar-refractivity contribution in [3.05, 3.63) is 42.2 Å². The Morgan fingerprint density at radius 3 is 2.81 bits per heavy atom. The number of nitrogens with zero attached hydrogens (tertiary/aromatic N) is 3. The van der Waals surface area contributed by atoms with Gasteiger partial charge in [-0.05, 0) is 23.3 Å². The Morgan fingerprint density at radius 2 is 2.07 bits per heavy atom. The van der Waals surface area contributed by atoms with Crippen LogP contribution in [0.2, 0.25) is 0 Å².